The first-order valence-electron chi connectivity index (χ1n) is 8.99. The Hall–Kier alpha value is -2.97. The molecule has 3 aromatic carbocycles. The molecule has 0 spiro atoms. The smallest absolute Gasteiger partial charge is 0.328 e. The molecule has 1 saturated heterocycles. The van der Waals surface area contributed by atoms with Gasteiger partial charge in [0, 0.05) is 23.1 Å². The fourth-order valence-electron chi connectivity index (χ4n) is 3.86. The summed E-state index contributed by atoms with van der Waals surface area (Å²) in [4.78, 5) is 37.4. The van der Waals surface area contributed by atoms with Crippen LogP contribution >= 0.6 is 15.9 Å². The zero-order valence-corrected chi connectivity index (χ0v) is 16.7. The largest absolute Gasteiger partial charge is 0.480 e. The van der Waals surface area contributed by atoms with Gasteiger partial charge in [-0.15, -0.1) is 0 Å². The van der Waals surface area contributed by atoms with Crippen LogP contribution in [0.15, 0.2) is 53.0 Å². The quantitative estimate of drug-likeness (QED) is 0.523. The van der Waals surface area contributed by atoms with Gasteiger partial charge >= 0.3 is 11.9 Å². The molecular weight excluding hydrogens is 440 g/mol. The lowest BCUT2D eigenvalue weighted by Gasteiger charge is -2.37. The number of amides is 1. The number of carbonyl (C=O) groups excluding carboxylic acids is 1. The molecule has 29 heavy (non-hydrogen) atoms. The zero-order chi connectivity index (χ0) is 20.7. The van der Waals surface area contributed by atoms with Crippen LogP contribution < -0.4 is 5.32 Å². The average molecular weight is 457 g/mol. The summed E-state index contributed by atoms with van der Waals surface area (Å²) in [5.41, 5.74) is 0.311. The van der Waals surface area contributed by atoms with E-state index >= 15 is 0 Å². The molecule has 1 heterocycles. The van der Waals surface area contributed by atoms with Crippen LogP contribution in [-0.4, -0.2) is 58.1 Å². The number of piperazine rings is 1. The minimum absolute atomic E-state index is 0.108. The third kappa shape index (κ3) is 3.34. The van der Waals surface area contributed by atoms with Crippen molar-refractivity contribution in [1.82, 2.24) is 10.2 Å². The van der Waals surface area contributed by atoms with Crippen LogP contribution in [0.1, 0.15) is 10.4 Å². The second kappa shape index (κ2) is 7.46. The van der Waals surface area contributed by atoms with E-state index in [2.05, 4.69) is 21.2 Å². The molecule has 0 unspecified atom stereocenters. The maximum absolute atomic E-state index is 13.1. The zero-order valence-electron chi connectivity index (χ0n) is 15.1. The Labute approximate surface area is 174 Å². The van der Waals surface area contributed by atoms with Gasteiger partial charge in [0.1, 0.15) is 6.04 Å². The minimum atomic E-state index is -1.48. The summed E-state index contributed by atoms with van der Waals surface area (Å²) < 4.78 is 0.819. The van der Waals surface area contributed by atoms with E-state index < -0.39 is 29.9 Å². The molecule has 3 N–H and O–H groups in total. The molecule has 0 bridgehead atoms. The molecular formula is C21H17BrN2O5. The Bertz CT molecular complexity index is 1160. The second-order valence-electron chi connectivity index (χ2n) is 6.89. The Morgan fingerprint density at radius 1 is 0.966 bits per heavy atom. The molecule has 1 aliphatic rings. The minimum Gasteiger partial charge on any atom is -0.480 e. The van der Waals surface area contributed by atoms with E-state index in [-0.39, 0.29) is 13.1 Å². The number of aliphatic carboxylic acids is 2. The van der Waals surface area contributed by atoms with E-state index in [4.69, 9.17) is 0 Å². The van der Waals surface area contributed by atoms with Gasteiger partial charge in [0.05, 0.1) is 0 Å². The van der Waals surface area contributed by atoms with E-state index in [1.54, 1.807) is 12.1 Å². The molecule has 1 amide bonds. The molecule has 0 aliphatic carbocycles. The van der Waals surface area contributed by atoms with Crippen molar-refractivity contribution in [1.29, 1.82) is 0 Å². The number of fused-ring (bicyclic) bond motifs is 3. The monoisotopic (exact) mass is 456 g/mol. The van der Waals surface area contributed by atoms with E-state index in [1.807, 2.05) is 36.4 Å². The molecule has 7 nitrogen and oxygen atoms in total. The van der Waals surface area contributed by atoms with Gasteiger partial charge in [-0.2, -0.15) is 0 Å². The fraction of sp³-hybridized carbons (Fsp3) is 0.190. The van der Waals surface area contributed by atoms with E-state index in [1.165, 1.54) is 0 Å². The molecule has 1 aliphatic heterocycles. The summed E-state index contributed by atoms with van der Waals surface area (Å²) in [5.74, 6) is -3.17. The summed E-state index contributed by atoms with van der Waals surface area (Å²) in [6.45, 7) is 0.310. The first kappa shape index (κ1) is 19.4. The number of carboxylic acids is 2. The van der Waals surface area contributed by atoms with Crippen LogP contribution in [0.3, 0.4) is 0 Å². The SMILES string of the molecule is O=C(O)[C@H]1NCCN(C(=O)c2ccc3c(c2)c(Br)cc2ccccc23)[C@H]1C(=O)O. The van der Waals surface area contributed by atoms with Crippen LogP contribution in [0.4, 0.5) is 0 Å². The van der Waals surface area contributed by atoms with Crippen molar-refractivity contribution < 1.29 is 24.6 Å². The number of benzene rings is 3. The Morgan fingerprint density at radius 3 is 2.45 bits per heavy atom. The van der Waals surface area contributed by atoms with Crippen LogP contribution in [0.2, 0.25) is 0 Å². The molecule has 4 rings (SSSR count). The molecule has 8 heteroatoms. The van der Waals surface area contributed by atoms with Gasteiger partial charge in [0.2, 0.25) is 0 Å². The topological polar surface area (TPSA) is 107 Å². The van der Waals surface area contributed by atoms with Gasteiger partial charge in [0.25, 0.3) is 5.91 Å². The third-order valence-electron chi connectivity index (χ3n) is 5.21. The standard InChI is InChI=1S/C21H17BrN2O5/c22-16-10-11-3-1-2-4-13(11)14-6-5-12(9-15(14)16)19(25)24-8-7-23-17(20(26)27)18(24)21(28)29/h1-6,9-10,17-18,23H,7-8H2,(H,26,27)(H,28,29)/t17-,18+/m0/s1. The molecule has 3 aromatic rings. The number of halogens is 1. The van der Waals surface area contributed by atoms with Crippen LogP contribution in [0.25, 0.3) is 21.5 Å². The number of carbonyl (C=O) groups is 3. The molecule has 0 aromatic heterocycles. The number of hydrogen-bond donors (Lipinski definition) is 3. The van der Waals surface area contributed by atoms with Crippen molar-refractivity contribution >= 4 is 55.3 Å². The Morgan fingerprint density at radius 2 is 1.72 bits per heavy atom. The van der Waals surface area contributed by atoms with Crippen LogP contribution in [0.5, 0.6) is 0 Å². The number of rotatable bonds is 3. The first-order valence-corrected chi connectivity index (χ1v) is 9.79. The van der Waals surface area contributed by atoms with Gasteiger partial charge in [-0.25, -0.2) is 4.79 Å². The van der Waals surface area contributed by atoms with Crippen molar-refractivity contribution in [2.75, 3.05) is 13.1 Å². The van der Waals surface area contributed by atoms with Gasteiger partial charge in [-0.1, -0.05) is 46.3 Å². The van der Waals surface area contributed by atoms with Crippen LogP contribution in [0, 0.1) is 0 Å². The highest BCUT2D eigenvalue weighted by Crippen LogP contribution is 2.33. The predicted octanol–water partition coefficient (Wildman–Crippen LogP) is 2.71. The van der Waals surface area contributed by atoms with Crippen molar-refractivity contribution in [2.24, 2.45) is 0 Å². The Kier molecular flexibility index (Phi) is 4.97. The van der Waals surface area contributed by atoms with E-state index in [0.717, 1.165) is 30.9 Å². The van der Waals surface area contributed by atoms with E-state index in [9.17, 15) is 24.6 Å². The highest BCUT2D eigenvalue weighted by Gasteiger charge is 2.43. The predicted molar refractivity (Wildman–Crippen MR) is 111 cm³/mol. The highest BCUT2D eigenvalue weighted by atomic mass is 79.9. The van der Waals surface area contributed by atoms with Gasteiger partial charge < -0.3 is 20.4 Å². The lowest BCUT2D eigenvalue weighted by atomic mass is 9.98. The normalized spacial score (nSPS) is 19.4. The molecule has 2 atom stereocenters. The van der Waals surface area contributed by atoms with E-state index in [0.29, 0.717) is 5.56 Å². The summed E-state index contributed by atoms with van der Waals surface area (Å²) in [6.07, 6.45) is 0. The summed E-state index contributed by atoms with van der Waals surface area (Å²) >= 11 is 3.55. The van der Waals surface area contributed by atoms with Crippen LogP contribution in [-0.2, 0) is 9.59 Å². The molecule has 0 radical (unpaired) electrons. The second-order valence-corrected chi connectivity index (χ2v) is 7.75. The number of nitrogens with one attached hydrogen (secondary N) is 1. The first-order chi connectivity index (χ1) is 13.9. The fourth-order valence-corrected chi connectivity index (χ4v) is 4.43. The molecule has 1 fully saturated rings. The number of hydrogen-bond acceptors (Lipinski definition) is 4. The number of nitrogens with zero attached hydrogens (tertiary/aromatic N) is 1. The molecule has 148 valence electrons. The maximum Gasteiger partial charge on any atom is 0.328 e. The summed E-state index contributed by atoms with van der Waals surface area (Å²) in [6, 6.07) is 12.2. The van der Waals surface area contributed by atoms with Gasteiger partial charge in [-0.3, -0.25) is 9.59 Å². The lowest BCUT2D eigenvalue weighted by Crippen LogP contribution is -2.65. The summed E-state index contributed by atoms with van der Waals surface area (Å²) in [5, 5.41) is 25.4. The average Bonchev–Trinajstić information content (AvgIpc) is 2.72. The Balaban J connectivity index is 1.78. The van der Waals surface area contributed by atoms with Crippen molar-refractivity contribution in [3.8, 4) is 0 Å². The van der Waals surface area contributed by atoms with Gasteiger partial charge in [0.15, 0.2) is 6.04 Å². The molecule has 0 saturated carbocycles. The number of carboxylic acid groups (broad SMARTS) is 2. The lowest BCUT2D eigenvalue weighted by molar-refractivity contribution is -0.152. The van der Waals surface area contributed by atoms with Gasteiger partial charge in [-0.05, 0) is 39.7 Å². The van der Waals surface area contributed by atoms with Crippen molar-refractivity contribution in [2.45, 2.75) is 12.1 Å². The summed E-state index contributed by atoms with van der Waals surface area (Å²) in [7, 11) is 0. The third-order valence-corrected chi connectivity index (χ3v) is 5.86. The van der Waals surface area contributed by atoms with Crippen molar-refractivity contribution in [3.63, 3.8) is 0 Å². The van der Waals surface area contributed by atoms with Crippen molar-refractivity contribution in [3.05, 3.63) is 58.6 Å². The highest BCUT2D eigenvalue weighted by molar-refractivity contribution is 9.10. The maximum atomic E-state index is 13.1.